The molecule has 1 heterocycles. The summed E-state index contributed by atoms with van der Waals surface area (Å²) in [6.45, 7) is -5.09. The first-order valence-electron chi connectivity index (χ1n) is 5.98. The van der Waals surface area contributed by atoms with E-state index in [1.807, 2.05) is 0 Å². The molecule has 0 bridgehead atoms. The minimum atomic E-state index is -5.34. The van der Waals surface area contributed by atoms with Crippen LogP contribution >= 0.6 is 0 Å². The van der Waals surface area contributed by atoms with Crippen molar-refractivity contribution in [3.8, 4) is 5.75 Å². The molecule has 0 N–H and O–H groups in total. The zero-order chi connectivity index (χ0) is 14.6. The fourth-order valence-electron chi connectivity index (χ4n) is 1.70. The van der Waals surface area contributed by atoms with Crippen molar-refractivity contribution in [2.24, 2.45) is 0 Å². The molecule has 21 heavy (non-hydrogen) atoms. The van der Waals surface area contributed by atoms with Crippen LogP contribution in [-0.2, 0) is 6.42 Å². The summed E-state index contributed by atoms with van der Waals surface area (Å²) < 4.78 is 55.8. The molecule has 0 aliphatic heterocycles. The quantitative estimate of drug-likeness (QED) is 0.566. The Hall–Kier alpha value is -0.409. The molecule has 2 nitrogen and oxygen atoms in total. The molecule has 2 aromatic rings. The van der Waals surface area contributed by atoms with Crippen LogP contribution in [0.4, 0.5) is 17.3 Å². The van der Waals surface area contributed by atoms with Gasteiger partial charge in [0.2, 0.25) is 0 Å². The van der Waals surface area contributed by atoms with E-state index in [4.69, 9.17) is 4.74 Å². The number of hydrogen-bond acceptors (Lipinski definition) is 2. The molecule has 0 atom stereocenters. The second kappa shape index (κ2) is 8.28. The Morgan fingerprint density at radius 2 is 1.71 bits per heavy atom. The van der Waals surface area contributed by atoms with Crippen LogP contribution in [0.2, 0.25) is 0 Å². The maximum Gasteiger partial charge on any atom is 1.00 e. The van der Waals surface area contributed by atoms with Crippen molar-refractivity contribution in [1.82, 2.24) is 4.98 Å². The third-order valence-electron chi connectivity index (χ3n) is 2.73. The fraction of sp³-hybridized carbons (Fsp3) is 0.154. The van der Waals surface area contributed by atoms with Crippen molar-refractivity contribution in [2.75, 3.05) is 6.61 Å². The molecule has 1 aromatic heterocycles. The van der Waals surface area contributed by atoms with Gasteiger partial charge in [-0.1, -0.05) is 11.5 Å². The van der Waals surface area contributed by atoms with Gasteiger partial charge in [0, 0.05) is 24.9 Å². The summed E-state index contributed by atoms with van der Waals surface area (Å²) in [6.07, 6.45) is 3.83. The molecule has 8 heteroatoms. The van der Waals surface area contributed by atoms with Crippen LogP contribution in [0.5, 0.6) is 5.75 Å². The van der Waals surface area contributed by atoms with Gasteiger partial charge in [0.25, 0.3) is 0 Å². The molecular weight excluding hydrogens is 312 g/mol. The standard InChI is InChI=1S/C13H11BF4NO.K/c15-13-9-11(1-2-12(13)14(16,17)18)20-8-5-10-3-6-19-7-4-10;/h1-4,6-7,9H,5,8H2;/q-1;+1. The van der Waals surface area contributed by atoms with Gasteiger partial charge >= 0.3 is 58.4 Å². The molecular formula is C13H11BF4KNO. The van der Waals surface area contributed by atoms with Crippen molar-refractivity contribution >= 4 is 12.4 Å². The first-order valence-corrected chi connectivity index (χ1v) is 5.98. The van der Waals surface area contributed by atoms with E-state index in [9.17, 15) is 17.3 Å². The third-order valence-corrected chi connectivity index (χ3v) is 2.73. The van der Waals surface area contributed by atoms with Crippen LogP contribution in [-0.4, -0.2) is 18.6 Å². The average molecular weight is 323 g/mol. The normalized spacial score (nSPS) is 10.9. The molecule has 0 saturated heterocycles. The number of hydrogen-bond donors (Lipinski definition) is 0. The molecule has 2 rings (SSSR count). The average Bonchev–Trinajstić information content (AvgIpc) is 2.38. The molecule has 0 aliphatic rings. The SMILES string of the molecule is Fc1cc(OCCc2ccncc2)ccc1[B-](F)(F)F.[K+]. The zero-order valence-electron chi connectivity index (χ0n) is 11.4. The Labute approximate surface area is 162 Å². The molecule has 0 amide bonds. The number of rotatable bonds is 5. The van der Waals surface area contributed by atoms with E-state index in [1.54, 1.807) is 24.5 Å². The molecule has 0 unspecified atom stereocenters. The van der Waals surface area contributed by atoms with Gasteiger partial charge in [0.05, 0.1) is 12.4 Å². The minimum Gasteiger partial charge on any atom is -0.493 e. The summed E-state index contributed by atoms with van der Waals surface area (Å²) in [6, 6.07) is 6.20. The summed E-state index contributed by atoms with van der Waals surface area (Å²) in [4.78, 5) is 3.86. The van der Waals surface area contributed by atoms with Gasteiger partial charge in [-0.2, -0.15) is 0 Å². The predicted molar refractivity (Wildman–Crippen MR) is 68.5 cm³/mol. The van der Waals surface area contributed by atoms with E-state index in [0.717, 1.165) is 17.7 Å². The van der Waals surface area contributed by atoms with Crippen LogP contribution in [0.3, 0.4) is 0 Å². The van der Waals surface area contributed by atoms with E-state index < -0.39 is 18.3 Å². The first-order chi connectivity index (χ1) is 9.47. The largest absolute Gasteiger partial charge is 1.00 e. The van der Waals surface area contributed by atoms with E-state index in [-0.39, 0.29) is 63.7 Å². The number of aromatic nitrogens is 1. The number of pyridine rings is 1. The molecule has 0 fully saturated rings. The zero-order valence-corrected chi connectivity index (χ0v) is 14.5. The number of halogens is 4. The van der Waals surface area contributed by atoms with Crippen molar-refractivity contribution in [3.05, 3.63) is 54.1 Å². The van der Waals surface area contributed by atoms with Crippen molar-refractivity contribution in [2.45, 2.75) is 6.42 Å². The van der Waals surface area contributed by atoms with E-state index >= 15 is 0 Å². The Kier molecular flexibility index (Phi) is 7.35. The van der Waals surface area contributed by atoms with Gasteiger partial charge in [0.1, 0.15) is 5.75 Å². The van der Waals surface area contributed by atoms with Crippen molar-refractivity contribution < 1.29 is 73.5 Å². The Morgan fingerprint density at radius 1 is 1.05 bits per heavy atom. The van der Waals surface area contributed by atoms with Crippen LogP contribution < -0.4 is 61.6 Å². The van der Waals surface area contributed by atoms with Gasteiger partial charge in [0.15, 0.2) is 0 Å². The predicted octanol–water partition coefficient (Wildman–Crippen LogP) is -0.0994. The van der Waals surface area contributed by atoms with E-state index in [2.05, 4.69) is 4.98 Å². The van der Waals surface area contributed by atoms with Crippen molar-refractivity contribution in [3.63, 3.8) is 0 Å². The van der Waals surface area contributed by atoms with Gasteiger partial charge in [-0.25, -0.2) is 4.39 Å². The van der Waals surface area contributed by atoms with E-state index in [1.165, 1.54) is 0 Å². The number of ether oxygens (including phenoxy) is 1. The van der Waals surface area contributed by atoms with Crippen LogP contribution in [0, 0.1) is 5.82 Å². The number of benzene rings is 1. The molecule has 0 radical (unpaired) electrons. The topological polar surface area (TPSA) is 22.1 Å². The number of nitrogens with zero attached hydrogens (tertiary/aromatic N) is 1. The van der Waals surface area contributed by atoms with Crippen LogP contribution in [0.25, 0.3) is 0 Å². The summed E-state index contributed by atoms with van der Waals surface area (Å²) in [5.41, 5.74) is -0.248. The molecule has 0 aliphatic carbocycles. The molecule has 0 saturated carbocycles. The van der Waals surface area contributed by atoms with Crippen LogP contribution in [0.15, 0.2) is 42.7 Å². The maximum absolute atomic E-state index is 13.3. The van der Waals surface area contributed by atoms with Crippen LogP contribution in [0.1, 0.15) is 5.56 Å². The smallest absolute Gasteiger partial charge is 0.493 e. The summed E-state index contributed by atoms with van der Waals surface area (Å²) in [5.74, 6) is -1.22. The van der Waals surface area contributed by atoms with Crippen molar-refractivity contribution in [1.29, 1.82) is 0 Å². The Morgan fingerprint density at radius 3 is 2.29 bits per heavy atom. The summed E-state index contributed by atoms with van der Waals surface area (Å²) >= 11 is 0. The van der Waals surface area contributed by atoms with Gasteiger partial charge in [-0.05, 0) is 23.8 Å². The third kappa shape index (κ3) is 5.71. The van der Waals surface area contributed by atoms with E-state index in [0.29, 0.717) is 12.5 Å². The molecule has 0 spiro atoms. The van der Waals surface area contributed by atoms with Gasteiger partial charge < -0.3 is 17.7 Å². The second-order valence-electron chi connectivity index (χ2n) is 4.21. The molecule has 1 aromatic carbocycles. The first kappa shape index (κ1) is 18.6. The second-order valence-corrected chi connectivity index (χ2v) is 4.21. The summed E-state index contributed by atoms with van der Waals surface area (Å²) in [5, 5.41) is 0. The molecule has 106 valence electrons. The monoisotopic (exact) mass is 323 g/mol. The minimum absolute atomic E-state index is 0. The Balaban J connectivity index is 0.00000220. The Bertz CT molecular complexity index is 580. The maximum atomic E-state index is 13.3. The van der Waals surface area contributed by atoms with Gasteiger partial charge in [-0.15, -0.1) is 0 Å². The fourth-order valence-corrected chi connectivity index (χ4v) is 1.70. The summed E-state index contributed by atoms with van der Waals surface area (Å²) in [7, 11) is 0. The van der Waals surface area contributed by atoms with Gasteiger partial charge in [-0.3, -0.25) is 4.98 Å².